The summed E-state index contributed by atoms with van der Waals surface area (Å²) in [7, 11) is 0. The highest BCUT2D eigenvalue weighted by Gasteiger charge is 2.14. The molecule has 0 saturated heterocycles. The van der Waals surface area contributed by atoms with Crippen molar-refractivity contribution < 1.29 is 0 Å². The van der Waals surface area contributed by atoms with Gasteiger partial charge >= 0.3 is 0 Å². The van der Waals surface area contributed by atoms with Crippen LogP contribution in [0, 0.1) is 0 Å². The quantitative estimate of drug-likeness (QED) is 0.827. The summed E-state index contributed by atoms with van der Waals surface area (Å²) in [4.78, 5) is 12.6. The Labute approximate surface area is 110 Å². The van der Waals surface area contributed by atoms with Crippen molar-refractivity contribution in [3.05, 3.63) is 40.5 Å². The summed E-state index contributed by atoms with van der Waals surface area (Å²) < 4.78 is 0. The van der Waals surface area contributed by atoms with E-state index in [2.05, 4.69) is 15.0 Å². The molecule has 2 aromatic heterocycles. The number of rotatable bonds is 2. The molecule has 88 valence electrons. The van der Waals surface area contributed by atoms with Gasteiger partial charge in [0.25, 0.3) is 0 Å². The number of halogens is 2. The van der Waals surface area contributed by atoms with Crippen LogP contribution in [0.25, 0.3) is 11.3 Å². The maximum atomic E-state index is 6.05. The first-order valence-corrected chi connectivity index (χ1v) is 5.98. The molecule has 0 spiro atoms. The van der Waals surface area contributed by atoms with Gasteiger partial charge in [-0.1, -0.05) is 37.0 Å². The molecular weight excluding hydrogens is 257 g/mol. The van der Waals surface area contributed by atoms with Crippen LogP contribution >= 0.6 is 23.2 Å². The first-order chi connectivity index (χ1) is 8.09. The first kappa shape index (κ1) is 12.3. The summed E-state index contributed by atoms with van der Waals surface area (Å²) in [5, 5.41) is 0.657. The van der Waals surface area contributed by atoms with Crippen LogP contribution < -0.4 is 0 Å². The van der Waals surface area contributed by atoms with Crippen molar-refractivity contribution >= 4 is 23.2 Å². The van der Waals surface area contributed by atoms with Crippen LogP contribution in [0.15, 0.2) is 24.5 Å². The van der Waals surface area contributed by atoms with Crippen molar-refractivity contribution in [2.24, 2.45) is 0 Å². The predicted octanol–water partition coefficient (Wildman–Crippen LogP) is 3.97. The van der Waals surface area contributed by atoms with E-state index in [1.807, 2.05) is 26.0 Å². The number of hydrogen-bond donors (Lipinski definition) is 0. The second kappa shape index (κ2) is 4.98. The maximum absolute atomic E-state index is 6.05. The van der Waals surface area contributed by atoms with Gasteiger partial charge in [0, 0.05) is 18.0 Å². The minimum absolute atomic E-state index is 0.197. The Kier molecular flexibility index (Phi) is 3.60. The fourth-order valence-corrected chi connectivity index (χ4v) is 2.09. The highest BCUT2D eigenvalue weighted by molar-refractivity contribution is 6.34. The van der Waals surface area contributed by atoms with E-state index in [-0.39, 0.29) is 5.92 Å². The van der Waals surface area contributed by atoms with Gasteiger partial charge in [-0.05, 0) is 18.1 Å². The molecular formula is C12H11Cl2N3. The van der Waals surface area contributed by atoms with Gasteiger partial charge in [-0.2, -0.15) is 0 Å². The third-order valence-electron chi connectivity index (χ3n) is 2.32. The number of pyridine rings is 1. The molecule has 0 saturated carbocycles. The van der Waals surface area contributed by atoms with Crippen LogP contribution in [0.1, 0.15) is 25.5 Å². The monoisotopic (exact) mass is 267 g/mol. The van der Waals surface area contributed by atoms with Crippen molar-refractivity contribution in [1.82, 2.24) is 15.0 Å². The molecule has 2 heterocycles. The van der Waals surface area contributed by atoms with E-state index in [4.69, 9.17) is 23.2 Å². The van der Waals surface area contributed by atoms with Crippen molar-refractivity contribution in [3.63, 3.8) is 0 Å². The molecule has 2 rings (SSSR count). The van der Waals surface area contributed by atoms with Crippen LogP contribution in [0.3, 0.4) is 0 Å². The van der Waals surface area contributed by atoms with E-state index in [1.165, 1.54) is 0 Å². The van der Waals surface area contributed by atoms with Crippen molar-refractivity contribution in [2.45, 2.75) is 19.8 Å². The minimum Gasteiger partial charge on any atom is -0.264 e. The molecule has 0 unspecified atom stereocenters. The number of hydrogen-bond acceptors (Lipinski definition) is 3. The Morgan fingerprint density at radius 2 is 1.88 bits per heavy atom. The molecule has 0 aliphatic rings. The largest absolute Gasteiger partial charge is 0.264 e. The molecule has 0 aromatic carbocycles. The van der Waals surface area contributed by atoms with Crippen LogP contribution in [-0.4, -0.2) is 15.0 Å². The lowest BCUT2D eigenvalue weighted by Gasteiger charge is -2.10. The molecule has 0 radical (unpaired) electrons. The van der Waals surface area contributed by atoms with Gasteiger partial charge in [0.2, 0.25) is 0 Å². The van der Waals surface area contributed by atoms with Crippen LogP contribution in [0.5, 0.6) is 0 Å². The molecule has 0 amide bonds. The molecule has 17 heavy (non-hydrogen) atoms. The standard InChI is InChI=1S/C12H11Cl2N3/c1-7(2)9-11(13)17-12(14)10(16-9)8-4-3-5-15-6-8/h3-7H,1-2H3. The Hall–Kier alpha value is -1.19. The Balaban J connectivity index is 2.59. The molecule has 0 atom stereocenters. The lowest BCUT2D eigenvalue weighted by atomic mass is 10.1. The van der Waals surface area contributed by atoms with Gasteiger partial charge in [0.05, 0.1) is 5.69 Å². The van der Waals surface area contributed by atoms with Gasteiger partial charge in [0.1, 0.15) is 5.69 Å². The van der Waals surface area contributed by atoms with Crippen LogP contribution in [0.4, 0.5) is 0 Å². The van der Waals surface area contributed by atoms with E-state index in [1.54, 1.807) is 12.4 Å². The highest BCUT2D eigenvalue weighted by Crippen LogP contribution is 2.29. The second-order valence-corrected chi connectivity index (χ2v) is 4.65. The second-order valence-electron chi connectivity index (χ2n) is 3.94. The molecule has 0 aliphatic heterocycles. The van der Waals surface area contributed by atoms with Crippen molar-refractivity contribution in [2.75, 3.05) is 0 Å². The summed E-state index contributed by atoms with van der Waals surface area (Å²) >= 11 is 12.1. The maximum Gasteiger partial charge on any atom is 0.157 e. The average molecular weight is 268 g/mol. The Morgan fingerprint density at radius 1 is 1.12 bits per heavy atom. The predicted molar refractivity (Wildman–Crippen MR) is 69.4 cm³/mol. The van der Waals surface area contributed by atoms with E-state index in [0.29, 0.717) is 16.0 Å². The molecule has 3 nitrogen and oxygen atoms in total. The van der Waals surface area contributed by atoms with Gasteiger partial charge < -0.3 is 0 Å². The van der Waals surface area contributed by atoms with E-state index >= 15 is 0 Å². The number of nitrogens with zero attached hydrogens (tertiary/aromatic N) is 3. The summed E-state index contributed by atoms with van der Waals surface area (Å²) in [5.41, 5.74) is 2.20. The van der Waals surface area contributed by atoms with Crippen molar-refractivity contribution in [1.29, 1.82) is 0 Å². The first-order valence-electron chi connectivity index (χ1n) is 5.23. The van der Waals surface area contributed by atoms with E-state index < -0.39 is 0 Å². The lowest BCUT2D eigenvalue weighted by Crippen LogP contribution is -2.00. The Bertz CT molecular complexity index is 527. The van der Waals surface area contributed by atoms with E-state index in [0.717, 1.165) is 11.3 Å². The summed E-state index contributed by atoms with van der Waals surface area (Å²) in [6, 6.07) is 3.72. The van der Waals surface area contributed by atoms with Gasteiger partial charge in [0.15, 0.2) is 10.3 Å². The average Bonchev–Trinajstić information content (AvgIpc) is 2.29. The van der Waals surface area contributed by atoms with Crippen LogP contribution in [0.2, 0.25) is 10.3 Å². The van der Waals surface area contributed by atoms with Crippen LogP contribution in [-0.2, 0) is 0 Å². The summed E-state index contributed by atoms with van der Waals surface area (Å²) in [5.74, 6) is 0.197. The normalized spacial score (nSPS) is 10.9. The van der Waals surface area contributed by atoms with Gasteiger partial charge in [-0.15, -0.1) is 0 Å². The molecule has 0 fully saturated rings. The van der Waals surface area contributed by atoms with Crippen molar-refractivity contribution in [3.8, 4) is 11.3 Å². The molecule has 0 N–H and O–H groups in total. The summed E-state index contributed by atoms with van der Waals surface area (Å²) in [6.45, 7) is 4.02. The zero-order valence-electron chi connectivity index (χ0n) is 9.48. The van der Waals surface area contributed by atoms with Gasteiger partial charge in [-0.3, -0.25) is 4.98 Å². The summed E-state index contributed by atoms with van der Waals surface area (Å²) in [6.07, 6.45) is 3.40. The smallest absolute Gasteiger partial charge is 0.157 e. The molecule has 0 bridgehead atoms. The fourth-order valence-electron chi connectivity index (χ4n) is 1.46. The SMILES string of the molecule is CC(C)c1nc(-c2cccnc2)c(Cl)nc1Cl. The number of aromatic nitrogens is 3. The fraction of sp³-hybridized carbons (Fsp3) is 0.250. The minimum atomic E-state index is 0.197. The lowest BCUT2D eigenvalue weighted by molar-refractivity contribution is 0.814. The Morgan fingerprint density at radius 3 is 2.47 bits per heavy atom. The zero-order chi connectivity index (χ0) is 12.4. The van der Waals surface area contributed by atoms with Gasteiger partial charge in [-0.25, -0.2) is 9.97 Å². The van der Waals surface area contributed by atoms with E-state index in [9.17, 15) is 0 Å². The molecule has 2 aromatic rings. The molecule has 0 aliphatic carbocycles. The highest BCUT2D eigenvalue weighted by atomic mass is 35.5. The third-order valence-corrected chi connectivity index (χ3v) is 2.86. The topological polar surface area (TPSA) is 38.7 Å². The zero-order valence-corrected chi connectivity index (χ0v) is 11.0. The molecule has 5 heteroatoms. The third kappa shape index (κ3) is 2.56.